The van der Waals surface area contributed by atoms with Crippen molar-refractivity contribution in [1.29, 1.82) is 0 Å². The third-order valence-electron chi connectivity index (χ3n) is 13.6. The van der Waals surface area contributed by atoms with Crippen LogP contribution in [-0.4, -0.2) is 171 Å². The van der Waals surface area contributed by atoms with Gasteiger partial charge in [0.2, 0.25) is 0 Å². The van der Waals surface area contributed by atoms with E-state index in [1.54, 1.807) is 135 Å². The maximum atomic E-state index is 13.4. The van der Waals surface area contributed by atoms with Crippen molar-refractivity contribution in [3.8, 4) is 0 Å². The molecule has 480 valence electrons. The minimum atomic E-state index is -1.33. The highest BCUT2D eigenvalue weighted by Crippen LogP contribution is 2.33. The van der Waals surface area contributed by atoms with Crippen LogP contribution in [0, 0.1) is 5.92 Å². The van der Waals surface area contributed by atoms with Gasteiger partial charge in [-0.2, -0.15) is 0 Å². The second-order valence-electron chi connectivity index (χ2n) is 20.6. The van der Waals surface area contributed by atoms with Crippen molar-refractivity contribution in [2.45, 2.75) is 162 Å². The molecule has 0 radical (unpaired) electrons. The maximum Gasteiger partial charge on any atom is 0.338 e. The lowest BCUT2D eigenvalue weighted by Crippen LogP contribution is -2.61. The normalized spacial score (nSPS) is 25.9. The van der Waals surface area contributed by atoms with Gasteiger partial charge in [-0.15, -0.1) is 0 Å². The fourth-order valence-corrected chi connectivity index (χ4v) is 9.52. The van der Waals surface area contributed by atoms with Gasteiger partial charge in [0, 0.05) is 54.4 Å². The lowest BCUT2D eigenvalue weighted by atomic mass is 9.88. The molecule has 4 aromatic carbocycles. The Morgan fingerprint density at radius 2 is 0.528 bits per heavy atom. The first-order valence-electron chi connectivity index (χ1n) is 28.3. The molecule has 0 amide bonds. The van der Waals surface area contributed by atoms with Crippen LogP contribution in [0.25, 0.3) is 0 Å². The number of hydrogen-bond acceptors (Lipinski definition) is 25. The fourth-order valence-electron chi connectivity index (χ4n) is 9.52. The molecular weight excluding hydrogens is 1170 g/mol. The zero-order valence-electron chi connectivity index (χ0n) is 51.0. The third-order valence-corrected chi connectivity index (χ3v) is 13.6. The summed E-state index contributed by atoms with van der Waals surface area (Å²) in [6.07, 6.45) is -12.8. The average Bonchev–Trinajstić information content (AvgIpc) is 1.18. The summed E-state index contributed by atoms with van der Waals surface area (Å²) in [6.45, 7) is 14.9. The van der Waals surface area contributed by atoms with Crippen LogP contribution < -0.4 is 0 Å². The van der Waals surface area contributed by atoms with Crippen molar-refractivity contribution in [3.63, 3.8) is 0 Å². The van der Waals surface area contributed by atoms with Crippen LogP contribution in [0.3, 0.4) is 0 Å². The molecule has 89 heavy (non-hydrogen) atoms. The summed E-state index contributed by atoms with van der Waals surface area (Å²) >= 11 is 0. The molecule has 3 saturated heterocycles. The first-order chi connectivity index (χ1) is 42.2. The number of ether oxygens (including phenoxy) is 14. The van der Waals surface area contributed by atoms with Crippen molar-refractivity contribution in [2.24, 2.45) is 5.92 Å². The van der Waals surface area contributed by atoms with Crippen LogP contribution in [0.1, 0.15) is 118 Å². The van der Waals surface area contributed by atoms with Crippen LogP contribution in [0.5, 0.6) is 0 Å². The Labute approximate surface area is 514 Å². The number of hydrogen-bond donors (Lipinski definition) is 0. The van der Waals surface area contributed by atoms with E-state index in [-0.39, 0.29) is 48.5 Å². The van der Waals surface area contributed by atoms with Crippen LogP contribution in [0.2, 0.25) is 0 Å². The Morgan fingerprint density at radius 1 is 0.281 bits per heavy atom. The quantitative estimate of drug-likeness (QED) is 0.0782. The van der Waals surface area contributed by atoms with Gasteiger partial charge in [-0.05, 0) is 69.3 Å². The topological polar surface area (TPSA) is 317 Å². The van der Waals surface area contributed by atoms with E-state index < -0.39 is 145 Å². The number of carbonyl (C=O) groups is 11. The number of benzene rings is 4. The summed E-state index contributed by atoms with van der Waals surface area (Å²) in [6, 6.07) is 33.1. The molecule has 0 bridgehead atoms. The molecule has 15 atom stereocenters. The van der Waals surface area contributed by atoms with E-state index in [0.29, 0.717) is 5.56 Å². The van der Waals surface area contributed by atoms with E-state index in [1.165, 1.54) is 48.5 Å². The summed E-state index contributed by atoms with van der Waals surface area (Å²) in [5.74, 6) is -6.82. The Morgan fingerprint density at radius 3 is 0.888 bits per heavy atom. The zero-order valence-corrected chi connectivity index (χ0v) is 51.0. The first-order valence-corrected chi connectivity index (χ1v) is 28.3. The monoisotopic (exact) mass is 1240 g/mol. The first kappa shape index (κ1) is 70.7. The van der Waals surface area contributed by atoms with Crippen molar-refractivity contribution in [2.75, 3.05) is 19.8 Å². The summed E-state index contributed by atoms with van der Waals surface area (Å²) in [7, 11) is 0. The fraction of sp³-hybridized carbons (Fsp3) is 0.453. The molecule has 25 heteroatoms. The second kappa shape index (κ2) is 34.5. The number of carbonyl (C=O) groups excluding carboxylic acids is 11. The summed E-state index contributed by atoms with van der Waals surface area (Å²) < 4.78 is 76.8. The Bertz CT molecular complexity index is 3030. The Kier molecular flexibility index (Phi) is 27.4. The van der Waals surface area contributed by atoms with Crippen molar-refractivity contribution >= 4 is 65.7 Å². The molecule has 4 aromatic rings. The molecule has 0 saturated carbocycles. The van der Waals surface area contributed by atoms with Gasteiger partial charge in [-0.25, -0.2) is 19.2 Å². The van der Waals surface area contributed by atoms with Crippen molar-refractivity contribution < 1.29 is 119 Å². The van der Waals surface area contributed by atoms with Gasteiger partial charge in [-0.1, -0.05) is 79.7 Å². The molecule has 0 spiro atoms. The van der Waals surface area contributed by atoms with Crippen molar-refractivity contribution in [3.05, 3.63) is 144 Å². The number of rotatable bonds is 18. The lowest BCUT2D eigenvalue weighted by molar-refractivity contribution is -0.249. The van der Waals surface area contributed by atoms with Crippen molar-refractivity contribution in [1.82, 2.24) is 0 Å². The maximum absolute atomic E-state index is 13.4. The molecule has 3 fully saturated rings. The van der Waals surface area contributed by atoms with E-state index in [2.05, 4.69) is 0 Å². The minimum absolute atomic E-state index is 0.0674. The number of esters is 11. The second-order valence-corrected chi connectivity index (χ2v) is 20.6. The summed E-state index contributed by atoms with van der Waals surface area (Å²) in [5, 5.41) is 0. The Balaban J connectivity index is 0.000000270. The van der Waals surface area contributed by atoms with E-state index in [4.69, 9.17) is 66.3 Å². The van der Waals surface area contributed by atoms with E-state index >= 15 is 0 Å². The predicted octanol–water partition coefficient (Wildman–Crippen LogP) is 6.28. The molecule has 3 aliphatic rings. The minimum Gasteiger partial charge on any atom is -0.463 e. The van der Waals surface area contributed by atoms with Gasteiger partial charge in [0.15, 0.2) is 42.7 Å². The highest BCUT2D eigenvalue weighted by Gasteiger charge is 2.53. The van der Waals surface area contributed by atoms with Gasteiger partial charge < -0.3 is 66.3 Å². The molecule has 0 aromatic heterocycles. The van der Waals surface area contributed by atoms with Gasteiger partial charge in [0.1, 0.15) is 44.2 Å². The molecule has 15 unspecified atom stereocenters. The van der Waals surface area contributed by atoms with Gasteiger partial charge in [0.25, 0.3) is 0 Å². The smallest absolute Gasteiger partial charge is 0.338 e. The molecule has 3 heterocycles. The average molecular weight is 1240 g/mol. The van der Waals surface area contributed by atoms with E-state index in [9.17, 15) is 52.7 Å². The molecule has 0 N–H and O–H groups in total. The highest BCUT2D eigenvalue weighted by atomic mass is 16.7. The summed E-state index contributed by atoms with van der Waals surface area (Å²) in [5.41, 5.74) is 1.05. The van der Waals surface area contributed by atoms with Gasteiger partial charge >= 0.3 is 65.7 Å². The Hall–Kier alpha value is -9.07. The predicted molar refractivity (Wildman–Crippen MR) is 307 cm³/mol. The SMILES string of the molecule is CC(=O)OCC1OC(C)C(C)C(OC(C)=O)C1OC(C)=O.CC(=O)OCC1OC(C)C(OC(C)=O)C(OC(C)=O)C1OC(C)=O.CC1OC(COC(=O)c2ccccc2)C(OC(=O)c2ccccc2)C(OC(=O)c2ccccc2)C1OC(=O)c1ccccc1. The molecule has 0 aliphatic carbocycles. The highest BCUT2D eigenvalue weighted by molar-refractivity contribution is 5.92. The molecule has 3 aliphatic heterocycles. The van der Waals surface area contributed by atoms with Crippen LogP contribution in [0.4, 0.5) is 0 Å². The van der Waals surface area contributed by atoms with Crippen LogP contribution in [0.15, 0.2) is 121 Å². The molecular formula is C64H74O25. The largest absolute Gasteiger partial charge is 0.463 e. The standard InChI is InChI=1S/C35H30O9.C15H22O9.C14H22O7/c1-23-29(42-33(37)25-16-8-3-9-17-25)31(44-35(39)27-20-12-5-13-21-27)30(43-34(38)26-18-10-4-11-19-26)28(41-23)22-40-32(36)24-14-6-2-7-15-24;1-7-13(22-9(3)17)15(24-11(5)19)14(23-10(4)18)12(21-7)6-20-8(2)16;1-7-8(2)19-12(6-18-9(3)15)14(21-11(5)17)13(7)20-10(4)16/h2-21,23,28-31H,22H2,1H3;7,12-15H,6H2,1-5H3;7-8,12-14H,6H2,1-5H3. The van der Waals surface area contributed by atoms with Crippen LogP contribution >= 0.6 is 0 Å². The zero-order chi connectivity index (χ0) is 65.5. The lowest BCUT2D eigenvalue weighted by Gasteiger charge is -2.43. The van der Waals surface area contributed by atoms with Gasteiger partial charge in [0.05, 0.1) is 40.6 Å². The molecule has 7 rings (SSSR count). The summed E-state index contributed by atoms with van der Waals surface area (Å²) in [4.78, 5) is 131. The third kappa shape index (κ3) is 21.9. The molecule has 25 nitrogen and oxygen atoms in total. The van der Waals surface area contributed by atoms with E-state index in [0.717, 1.165) is 0 Å². The van der Waals surface area contributed by atoms with E-state index in [1.807, 2.05) is 13.8 Å². The van der Waals surface area contributed by atoms with Crippen LogP contribution in [-0.2, 0) is 99.9 Å². The van der Waals surface area contributed by atoms with Gasteiger partial charge in [-0.3, -0.25) is 33.6 Å².